The molecule has 0 atom stereocenters. The molecule has 4 N–H and O–H groups in total. The van der Waals surface area contributed by atoms with E-state index >= 15 is 0 Å². The zero-order valence-corrected chi connectivity index (χ0v) is 13.9. The Balaban J connectivity index is -0.000000720. The van der Waals surface area contributed by atoms with Gasteiger partial charge in [-0.25, -0.2) is 4.79 Å². The van der Waals surface area contributed by atoms with Crippen molar-refractivity contribution in [2.24, 2.45) is 0 Å². The second kappa shape index (κ2) is 8.02. The molecule has 0 unspecified atom stereocenters. The zero-order chi connectivity index (χ0) is 10.6. The molecule has 0 rings (SSSR count). The molecular weight excluding hydrogens is 455 g/mol. The Bertz CT molecular complexity index is 238. The van der Waals surface area contributed by atoms with Gasteiger partial charge in [0, 0.05) is 17.1 Å². The fraction of sp³-hybridized carbons (Fsp3) is 0.500. The number of rotatable bonds is 5. The summed E-state index contributed by atoms with van der Waals surface area (Å²) < 4.78 is 0. The number of carboxylic acid groups (broad SMARTS) is 3. The Morgan fingerprint density at radius 1 is 0.933 bits per heavy atom. The van der Waals surface area contributed by atoms with E-state index in [1.165, 1.54) is 0 Å². The van der Waals surface area contributed by atoms with Crippen molar-refractivity contribution in [2.75, 3.05) is 0 Å². The minimum absolute atomic E-state index is 0. The van der Waals surface area contributed by atoms with Gasteiger partial charge >= 0.3 is 45.2 Å². The summed E-state index contributed by atoms with van der Waals surface area (Å²) in [5.74, 6) is -5.02. The van der Waals surface area contributed by atoms with Crippen molar-refractivity contribution >= 4 is 45.2 Å². The summed E-state index contributed by atoms with van der Waals surface area (Å²) in [6.07, 6.45) is -2.29. The molecule has 91 valence electrons. The standard InChI is InChI=1S/C6H8O7.Cu.Pb.2H/c7-3(8)1-6(13,5(11)12)2-4(9)10;;;;/h13H,1-2H2,(H,7,8)(H,9,10)(H,11,12);;;;. The average Bonchev–Trinajstić information content (AvgIpc) is 1.82. The van der Waals surface area contributed by atoms with Crippen LogP contribution in [0.25, 0.3) is 0 Å². The Hall–Kier alpha value is -0.188. The molecule has 0 aliphatic carbocycles. The van der Waals surface area contributed by atoms with Crippen molar-refractivity contribution in [1.29, 1.82) is 0 Å². The zero-order valence-electron chi connectivity index (χ0n) is 7.44. The fourth-order valence-corrected chi connectivity index (χ4v) is 0.714. The van der Waals surface area contributed by atoms with Crippen molar-refractivity contribution in [1.82, 2.24) is 0 Å². The summed E-state index contributed by atoms with van der Waals surface area (Å²) in [4.78, 5) is 30.5. The SMILES string of the molecule is O=C(O)CC(O)(CC(=O)O)C(=O)O.[Cu].[PbH2]. The molecule has 0 spiro atoms. The van der Waals surface area contributed by atoms with E-state index in [1.54, 1.807) is 0 Å². The van der Waals surface area contributed by atoms with Crippen LogP contribution in [0.2, 0.25) is 0 Å². The Labute approximate surface area is 115 Å². The van der Waals surface area contributed by atoms with E-state index in [0.717, 1.165) is 0 Å². The Kier molecular flexibility index (Phi) is 10.8. The van der Waals surface area contributed by atoms with Crippen LogP contribution >= 0.6 is 0 Å². The molecule has 15 heavy (non-hydrogen) atoms. The number of aliphatic hydroxyl groups is 1. The topological polar surface area (TPSA) is 132 Å². The number of carbonyl (C=O) groups is 3. The molecule has 0 aromatic rings. The molecule has 3 radical (unpaired) electrons. The van der Waals surface area contributed by atoms with E-state index in [0.29, 0.717) is 0 Å². The molecule has 9 heteroatoms. The van der Waals surface area contributed by atoms with E-state index < -0.39 is 36.4 Å². The monoisotopic (exact) mass is 465 g/mol. The summed E-state index contributed by atoms with van der Waals surface area (Å²) in [7, 11) is 0. The molecule has 0 aromatic heterocycles. The van der Waals surface area contributed by atoms with Crippen LogP contribution in [-0.4, -0.2) is 71.2 Å². The number of hydrogen-bond donors (Lipinski definition) is 4. The third kappa shape index (κ3) is 7.71. The van der Waals surface area contributed by atoms with Crippen LogP contribution in [0.5, 0.6) is 0 Å². The first kappa shape index (κ1) is 20.3. The van der Waals surface area contributed by atoms with Gasteiger partial charge in [0.2, 0.25) is 0 Å². The minimum atomic E-state index is -2.74. The second-order valence-corrected chi connectivity index (χ2v) is 2.48. The molecule has 0 fully saturated rings. The maximum atomic E-state index is 10.3. The van der Waals surface area contributed by atoms with Gasteiger partial charge in [-0.1, -0.05) is 0 Å². The molecule has 0 heterocycles. The second-order valence-electron chi connectivity index (χ2n) is 2.48. The van der Waals surface area contributed by atoms with Crippen LogP contribution in [-0.2, 0) is 31.5 Å². The summed E-state index contributed by atoms with van der Waals surface area (Å²) in [6, 6.07) is 0. The van der Waals surface area contributed by atoms with Crippen LogP contribution < -0.4 is 0 Å². The first-order chi connectivity index (χ1) is 5.78. The van der Waals surface area contributed by atoms with Crippen LogP contribution in [0.3, 0.4) is 0 Å². The third-order valence-electron chi connectivity index (χ3n) is 1.29. The van der Waals surface area contributed by atoms with Crippen molar-refractivity contribution < 1.29 is 51.9 Å². The molecule has 0 amide bonds. The van der Waals surface area contributed by atoms with E-state index in [9.17, 15) is 14.4 Å². The van der Waals surface area contributed by atoms with Gasteiger partial charge in [0.1, 0.15) is 0 Å². The predicted molar refractivity (Wildman–Crippen MR) is 45.6 cm³/mol. The van der Waals surface area contributed by atoms with Gasteiger partial charge < -0.3 is 20.4 Å². The van der Waals surface area contributed by atoms with Crippen molar-refractivity contribution in [3.8, 4) is 0 Å². The quantitative estimate of drug-likeness (QED) is 0.340. The van der Waals surface area contributed by atoms with Gasteiger partial charge in [-0.15, -0.1) is 0 Å². The third-order valence-corrected chi connectivity index (χ3v) is 1.29. The van der Waals surface area contributed by atoms with Gasteiger partial charge in [-0.05, 0) is 0 Å². The average molecular weight is 465 g/mol. The van der Waals surface area contributed by atoms with Gasteiger partial charge in [0.05, 0.1) is 12.8 Å². The molecule has 7 nitrogen and oxygen atoms in total. The molecule has 0 aromatic carbocycles. The Morgan fingerprint density at radius 3 is 1.33 bits per heavy atom. The number of aliphatic carboxylic acids is 3. The van der Waals surface area contributed by atoms with Gasteiger partial charge in [-0.2, -0.15) is 0 Å². The van der Waals surface area contributed by atoms with Crippen molar-refractivity contribution in [3.05, 3.63) is 0 Å². The summed E-state index contributed by atoms with van der Waals surface area (Å²) >= 11 is 0. The first-order valence-corrected chi connectivity index (χ1v) is 3.17. The molecule has 0 aliphatic heterocycles. The molecule has 0 aliphatic rings. The van der Waals surface area contributed by atoms with Crippen LogP contribution in [0.15, 0.2) is 0 Å². The van der Waals surface area contributed by atoms with E-state index in [-0.39, 0.29) is 44.4 Å². The van der Waals surface area contributed by atoms with Crippen LogP contribution in [0.1, 0.15) is 12.8 Å². The van der Waals surface area contributed by atoms with Crippen molar-refractivity contribution in [2.45, 2.75) is 18.4 Å². The summed E-state index contributed by atoms with van der Waals surface area (Å²) in [5.41, 5.74) is -2.74. The maximum absolute atomic E-state index is 10.3. The van der Waals surface area contributed by atoms with Crippen LogP contribution in [0.4, 0.5) is 0 Å². The van der Waals surface area contributed by atoms with Gasteiger partial charge in [0.25, 0.3) is 0 Å². The molecule has 0 saturated carbocycles. The summed E-state index contributed by atoms with van der Waals surface area (Å²) in [6.45, 7) is 0. The van der Waals surface area contributed by atoms with Crippen molar-refractivity contribution in [3.63, 3.8) is 0 Å². The first-order valence-electron chi connectivity index (χ1n) is 3.17. The fourth-order valence-electron chi connectivity index (χ4n) is 0.714. The Morgan fingerprint density at radius 2 is 1.20 bits per heavy atom. The molecule has 0 bridgehead atoms. The predicted octanol–water partition coefficient (Wildman–Crippen LogP) is -2.17. The van der Waals surface area contributed by atoms with E-state index in [4.69, 9.17) is 20.4 Å². The van der Waals surface area contributed by atoms with E-state index in [1.807, 2.05) is 0 Å². The van der Waals surface area contributed by atoms with Gasteiger partial charge in [-0.3, -0.25) is 9.59 Å². The normalized spacial score (nSPS) is 9.40. The van der Waals surface area contributed by atoms with Gasteiger partial charge in [0.15, 0.2) is 5.60 Å². The van der Waals surface area contributed by atoms with Crippen LogP contribution in [0, 0.1) is 0 Å². The summed E-state index contributed by atoms with van der Waals surface area (Å²) in [5, 5.41) is 33.8. The number of hydrogen-bond acceptors (Lipinski definition) is 4. The van der Waals surface area contributed by atoms with E-state index in [2.05, 4.69) is 0 Å². The number of carboxylic acids is 3. The molecule has 0 saturated heterocycles. The molecular formula is C6H10CuO7Pb.